The third-order valence-corrected chi connectivity index (χ3v) is 9.44. The quantitative estimate of drug-likeness (QED) is 0.120. The first-order valence-electron chi connectivity index (χ1n) is 17.7. The van der Waals surface area contributed by atoms with Gasteiger partial charge in [0.2, 0.25) is 0 Å². The van der Waals surface area contributed by atoms with Gasteiger partial charge in [0.25, 0.3) is 0 Å². The highest BCUT2D eigenvalue weighted by Crippen LogP contribution is 2.26. The lowest BCUT2D eigenvalue weighted by Gasteiger charge is -2.44. The van der Waals surface area contributed by atoms with Crippen LogP contribution in [-0.4, -0.2) is 6.15 Å². The highest BCUT2D eigenvalue weighted by atomic mass is 16.5. The van der Waals surface area contributed by atoms with E-state index in [-0.39, 0.29) is 0 Å². The van der Waals surface area contributed by atoms with Crippen molar-refractivity contribution in [3.63, 3.8) is 0 Å². The maximum absolute atomic E-state index is 6.24. The van der Waals surface area contributed by atoms with Gasteiger partial charge in [0, 0.05) is 0 Å². The van der Waals surface area contributed by atoms with Gasteiger partial charge in [0.05, 0.1) is 0 Å². The first-order chi connectivity index (χ1) is 26.2. The van der Waals surface area contributed by atoms with Crippen LogP contribution in [0, 0.1) is 0 Å². The first-order valence-corrected chi connectivity index (χ1v) is 17.7. The summed E-state index contributed by atoms with van der Waals surface area (Å²) in [5, 5.41) is 0. The largest absolute Gasteiger partial charge is 0.457 e. The van der Waals surface area contributed by atoms with Gasteiger partial charge in [-0.05, 0) is 97.1 Å². The number of hydrogen-bond donors (Lipinski definition) is 0. The van der Waals surface area contributed by atoms with Gasteiger partial charge in [0.15, 0.2) is 0 Å². The van der Waals surface area contributed by atoms with E-state index in [4.69, 9.17) is 18.9 Å². The zero-order valence-corrected chi connectivity index (χ0v) is 29.0. The number of ether oxygens (including phenoxy) is 4. The van der Waals surface area contributed by atoms with Crippen LogP contribution in [0.5, 0.6) is 46.0 Å². The minimum atomic E-state index is -1.76. The summed E-state index contributed by atoms with van der Waals surface area (Å²) in [5.41, 5.74) is 4.48. The molecule has 0 saturated carbocycles. The molecule has 0 saturated heterocycles. The summed E-state index contributed by atoms with van der Waals surface area (Å²) in [6, 6.07) is 73.1. The summed E-state index contributed by atoms with van der Waals surface area (Å²) in [7, 11) is 0. The van der Waals surface area contributed by atoms with Crippen molar-refractivity contribution in [1.29, 1.82) is 0 Å². The predicted octanol–water partition coefficient (Wildman–Crippen LogP) is 10.2. The van der Waals surface area contributed by atoms with Crippen LogP contribution >= 0.6 is 0 Å². The molecule has 0 aliphatic rings. The molecule has 0 heterocycles. The third kappa shape index (κ3) is 7.56. The fourth-order valence-electron chi connectivity index (χ4n) is 6.95. The van der Waals surface area contributed by atoms with Crippen LogP contribution in [-0.2, 0) is 0 Å². The predicted molar refractivity (Wildman–Crippen MR) is 216 cm³/mol. The molecule has 0 fully saturated rings. The first kappa shape index (κ1) is 33.2. The lowest BCUT2D eigenvalue weighted by Crippen LogP contribution is -2.74. The SMILES string of the molecule is c1ccc(Oc2ccc([B-](c3ccc(Oc4ccccc4)cc3)(c3ccc(Oc4ccccc4)cc3)c3ccc(Oc4ccccc4)cc3)cc2)cc1. The summed E-state index contributed by atoms with van der Waals surface area (Å²) in [6.45, 7) is 0. The van der Waals surface area contributed by atoms with Gasteiger partial charge in [0.1, 0.15) is 52.1 Å². The molecule has 53 heavy (non-hydrogen) atoms. The van der Waals surface area contributed by atoms with E-state index in [1.54, 1.807) is 0 Å². The average Bonchev–Trinajstić information content (AvgIpc) is 3.22. The Labute approximate surface area is 310 Å². The molecule has 0 radical (unpaired) electrons. The number of benzene rings is 8. The van der Waals surface area contributed by atoms with Crippen molar-refractivity contribution >= 4 is 28.0 Å². The number of para-hydroxylation sites is 4. The highest BCUT2D eigenvalue weighted by molar-refractivity contribution is 7.19. The van der Waals surface area contributed by atoms with E-state index < -0.39 is 6.15 Å². The number of hydrogen-bond acceptors (Lipinski definition) is 4. The molecule has 0 atom stereocenters. The van der Waals surface area contributed by atoms with Crippen LogP contribution in [0.1, 0.15) is 0 Å². The van der Waals surface area contributed by atoms with Crippen LogP contribution in [0.15, 0.2) is 218 Å². The summed E-state index contributed by atoms with van der Waals surface area (Å²) in [6.07, 6.45) is -1.76. The van der Waals surface area contributed by atoms with Gasteiger partial charge < -0.3 is 18.9 Å². The second-order valence-electron chi connectivity index (χ2n) is 12.8. The van der Waals surface area contributed by atoms with E-state index in [0.717, 1.165) is 67.8 Å². The lowest BCUT2D eigenvalue weighted by atomic mass is 9.13. The monoisotopic (exact) mass is 687 g/mol. The lowest BCUT2D eigenvalue weighted by molar-refractivity contribution is 0.482. The Bertz CT molecular complexity index is 1990. The summed E-state index contributed by atoms with van der Waals surface area (Å²) >= 11 is 0. The van der Waals surface area contributed by atoms with Crippen molar-refractivity contribution in [3.8, 4) is 46.0 Å². The summed E-state index contributed by atoms with van der Waals surface area (Å²) in [5.74, 6) is 6.18. The molecule has 0 unspecified atom stereocenters. The van der Waals surface area contributed by atoms with Crippen molar-refractivity contribution in [3.05, 3.63) is 218 Å². The minimum absolute atomic E-state index is 0.759. The average molecular weight is 688 g/mol. The molecule has 0 bridgehead atoms. The molecule has 4 nitrogen and oxygen atoms in total. The zero-order chi connectivity index (χ0) is 35.7. The Morgan fingerprint density at radius 3 is 0.547 bits per heavy atom. The van der Waals surface area contributed by atoms with Crippen molar-refractivity contribution in [2.24, 2.45) is 0 Å². The fourth-order valence-corrected chi connectivity index (χ4v) is 6.95. The standard InChI is InChI=1S/C48H36BO4/c1-5-13-41(14-6-1)50-45-29-21-37(22-30-45)49(38-23-31-46(32-24-38)51-42-15-7-2-8-16-42,39-25-33-47(34-26-39)52-43-17-9-3-10-18-43)40-27-35-48(36-28-40)53-44-19-11-4-12-20-44/h1-36H/q-1. The van der Waals surface area contributed by atoms with Crippen molar-refractivity contribution in [1.82, 2.24) is 0 Å². The zero-order valence-electron chi connectivity index (χ0n) is 29.0. The van der Waals surface area contributed by atoms with E-state index in [9.17, 15) is 0 Å². The molecule has 0 spiro atoms. The van der Waals surface area contributed by atoms with Gasteiger partial charge in [-0.25, -0.2) is 0 Å². The minimum Gasteiger partial charge on any atom is -0.457 e. The van der Waals surface area contributed by atoms with Crippen molar-refractivity contribution < 1.29 is 18.9 Å². The van der Waals surface area contributed by atoms with Crippen LogP contribution < -0.4 is 40.8 Å². The maximum atomic E-state index is 6.24. The maximum Gasteiger partial charge on any atom is 0.127 e. The molecule has 5 heteroatoms. The Morgan fingerprint density at radius 1 is 0.189 bits per heavy atom. The molecule has 0 aliphatic heterocycles. The smallest absolute Gasteiger partial charge is 0.127 e. The Morgan fingerprint density at radius 2 is 0.358 bits per heavy atom. The molecular weight excluding hydrogens is 651 g/mol. The van der Waals surface area contributed by atoms with E-state index in [1.165, 1.54) is 0 Å². The van der Waals surface area contributed by atoms with Gasteiger partial charge in [-0.3, -0.25) is 0 Å². The molecule has 0 aliphatic carbocycles. The Balaban J connectivity index is 1.25. The second kappa shape index (κ2) is 15.5. The van der Waals surface area contributed by atoms with Gasteiger partial charge in [-0.2, -0.15) is 21.9 Å². The van der Waals surface area contributed by atoms with Crippen LogP contribution in [0.2, 0.25) is 0 Å². The normalized spacial score (nSPS) is 11.0. The molecule has 8 rings (SSSR count). The van der Waals surface area contributed by atoms with Crippen LogP contribution in [0.4, 0.5) is 0 Å². The summed E-state index contributed by atoms with van der Waals surface area (Å²) < 4.78 is 24.9. The topological polar surface area (TPSA) is 36.9 Å². The van der Waals surface area contributed by atoms with E-state index >= 15 is 0 Å². The van der Waals surface area contributed by atoms with E-state index in [2.05, 4.69) is 48.5 Å². The Hall–Kier alpha value is -6.98. The van der Waals surface area contributed by atoms with Crippen LogP contribution in [0.3, 0.4) is 0 Å². The van der Waals surface area contributed by atoms with E-state index in [1.807, 2.05) is 170 Å². The molecule has 0 amide bonds. The van der Waals surface area contributed by atoms with Crippen molar-refractivity contribution in [2.45, 2.75) is 0 Å². The molecule has 8 aromatic rings. The Kier molecular flexibility index (Phi) is 9.71. The van der Waals surface area contributed by atoms with Crippen LogP contribution in [0.25, 0.3) is 0 Å². The molecular formula is C48H36BO4-. The highest BCUT2D eigenvalue weighted by Gasteiger charge is 2.32. The van der Waals surface area contributed by atoms with Gasteiger partial charge in [-0.1, -0.05) is 121 Å². The van der Waals surface area contributed by atoms with E-state index in [0.29, 0.717) is 0 Å². The summed E-state index contributed by atoms with van der Waals surface area (Å²) in [4.78, 5) is 0. The van der Waals surface area contributed by atoms with Gasteiger partial charge in [-0.15, -0.1) is 0 Å². The third-order valence-electron chi connectivity index (χ3n) is 9.44. The molecule has 256 valence electrons. The van der Waals surface area contributed by atoms with Crippen molar-refractivity contribution in [2.75, 3.05) is 0 Å². The molecule has 0 aromatic heterocycles. The van der Waals surface area contributed by atoms with Gasteiger partial charge >= 0.3 is 0 Å². The molecule has 0 N–H and O–H groups in total. The molecule has 8 aromatic carbocycles. The second-order valence-corrected chi connectivity index (χ2v) is 12.8. The fraction of sp³-hybridized carbons (Fsp3) is 0. The number of rotatable bonds is 12.